The second-order valence-corrected chi connectivity index (χ2v) is 9.83. The topological polar surface area (TPSA) is 90.3 Å². The molecule has 5 heterocycles. The van der Waals surface area contributed by atoms with Gasteiger partial charge in [-0.15, -0.1) is 0 Å². The number of benzene rings is 1. The van der Waals surface area contributed by atoms with E-state index in [0.717, 1.165) is 31.0 Å². The van der Waals surface area contributed by atoms with Crippen molar-refractivity contribution in [1.29, 1.82) is 0 Å². The molecule has 0 bridgehead atoms. The highest BCUT2D eigenvalue weighted by atomic mass is 19.1. The first-order valence-corrected chi connectivity index (χ1v) is 12.2. The summed E-state index contributed by atoms with van der Waals surface area (Å²) in [6.45, 7) is 5.88. The van der Waals surface area contributed by atoms with Crippen molar-refractivity contribution in [2.45, 2.75) is 38.9 Å². The molecule has 3 aliphatic heterocycles. The molecule has 1 atom stereocenters. The predicted octanol–water partition coefficient (Wildman–Crippen LogP) is 1.87. The van der Waals surface area contributed by atoms with Gasteiger partial charge in [0.05, 0.1) is 11.4 Å². The van der Waals surface area contributed by atoms with Gasteiger partial charge in [0.2, 0.25) is 11.8 Å². The normalized spacial score (nSPS) is 20.8. The minimum absolute atomic E-state index is 0.190. The molecule has 0 aliphatic carbocycles. The average molecular weight is 491 g/mol. The molecule has 6 rings (SSSR count). The molecular weight excluding hydrogens is 463 g/mol. The summed E-state index contributed by atoms with van der Waals surface area (Å²) < 4.78 is 17.2. The Kier molecular flexibility index (Phi) is 5.48. The van der Waals surface area contributed by atoms with E-state index < -0.39 is 17.8 Å². The summed E-state index contributed by atoms with van der Waals surface area (Å²) in [7, 11) is 0. The van der Waals surface area contributed by atoms with Crippen LogP contribution in [0.1, 0.15) is 40.0 Å². The van der Waals surface area contributed by atoms with Crippen molar-refractivity contribution in [3.8, 4) is 0 Å². The lowest BCUT2D eigenvalue weighted by Gasteiger charge is -2.36. The van der Waals surface area contributed by atoms with Gasteiger partial charge in [-0.2, -0.15) is 0 Å². The van der Waals surface area contributed by atoms with E-state index in [9.17, 15) is 14.4 Å². The number of halogens is 1. The van der Waals surface area contributed by atoms with Crippen molar-refractivity contribution >= 4 is 29.1 Å². The fourth-order valence-electron chi connectivity index (χ4n) is 5.43. The number of hydrogen-bond acceptors (Lipinski definition) is 6. The Balaban J connectivity index is 1.13. The van der Waals surface area contributed by atoms with Crippen molar-refractivity contribution in [2.24, 2.45) is 0 Å². The van der Waals surface area contributed by atoms with E-state index in [-0.39, 0.29) is 31.2 Å². The smallest absolute Gasteiger partial charge is 0.255 e. The molecule has 3 amide bonds. The number of amides is 3. The minimum Gasteiger partial charge on any atom is -0.367 e. The van der Waals surface area contributed by atoms with Gasteiger partial charge in [-0.3, -0.25) is 24.6 Å². The molecule has 0 radical (unpaired) electrons. The van der Waals surface area contributed by atoms with Crippen LogP contribution in [-0.2, 0) is 22.7 Å². The fourth-order valence-corrected chi connectivity index (χ4v) is 5.43. The van der Waals surface area contributed by atoms with Crippen LogP contribution in [0, 0.1) is 12.7 Å². The summed E-state index contributed by atoms with van der Waals surface area (Å²) in [5.74, 6) is -1.59. The standard InChI is InChI=1S/C26H27FN6O3/c1-16-2-4-23-28-18(15-32(23)12-16)14-30-6-8-31(9-7-30)22-10-17-13-33(26(36)19(17)11-20(22)27)21-3-5-24(34)29-25(21)35/h2,4,10-12,15,21H,3,5-9,13-14H2,1H3,(H,29,34,35). The first kappa shape index (κ1) is 22.7. The SMILES string of the molecule is Cc1ccc2nc(CN3CCN(c4cc5c(cc4F)C(=O)N(C4CCC(=O)NC4=O)C5)CC3)cn2c1. The number of imide groups is 1. The zero-order chi connectivity index (χ0) is 25.0. The number of anilines is 1. The van der Waals surface area contributed by atoms with Gasteiger partial charge in [0.15, 0.2) is 0 Å². The first-order chi connectivity index (χ1) is 17.4. The lowest BCUT2D eigenvalue weighted by atomic mass is 10.0. The Bertz CT molecular complexity index is 1390. The number of imidazole rings is 1. The summed E-state index contributed by atoms with van der Waals surface area (Å²) in [5.41, 5.74) is 4.60. The second kappa shape index (κ2) is 8.70. The van der Waals surface area contributed by atoms with E-state index in [1.54, 1.807) is 6.07 Å². The Hall–Kier alpha value is -3.79. The largest absolute Gasteiger partial charge is 0.367 e. The molecule has 1 N–H and O–H groups in total. The lowest BCUT2D eigenvalue weighted by Crippen LogP contribution is -2.52. The maximum Gasteiger partial charge on any atom is 0.255 e. The maximum absolute atomic E-state index is 15.1. The minimum atomic E-state index is -0.707. The van der Waals surface area contributed by atoms with Crippen LogP contribution in [0.15, 0.2) is 36.7 Å². The van der Waals surface area contributed by atoms with Crippen LogP contribution in [0.2, 0.25) is 0 Å². The van der Waals surface area contributed by atoms with Crippen LogP contribution in [0.25, 0.3) is 5.65 Å². The molecular formula is C26H27FN6O3. The van der Waals surface area contributed by atoms with Crippen molar-refractivity contribution in [1.82, 2.24) is 24.5 Å². The third-order valence-electron chi connectivity index (χ3n) is 7.34. The molecule has 186 valence electrons. The Morgan fingerprint density at radius 2 is 1.89 bits per heavy atom. The number of rotatable bonds is 4. The molecule has 36 heavy (non-hydrogen) atoms. The maximum atomic E-state index is 15.1. The highest BCUT2D eigenvalue weighted by Crippen LogP contribution is 2.33. The number of fused-ring (bicyclic) bond motifs is 2. The molecule has 1 aromatic carbocycles. The summed E-state index contributed by atoms with van der Waals surface area (Å²) in [6, 6.07) is 6.40. The van der Waals surface area contributed by atoms with Gasteiger partial charge in [0.25, 0.3) is 5.91 Å². The molecule has 0 spiro atoms. The number of pyridine rings is 1. The Morgan fingerprint density at radius 1 is 1.08 bits per heavy atom. The Morgan fingerprint density at radius 3 is 2.67 bits per heavy atom. The number of aromatic nitrogens is 2. The molecule has 3 aromatic rings. The number of piperidine rings is 1. The third kappa shape index (κ3) is 4.01. The van der Waals surface area contributed by atoms with E-state index in [1.165, 1.54) is 16.5 Å². The summed E-state index contributed by atoms with van der Waals surface area (Å²) in [5, 5.41) is 2.29. The molecule has 3 aliphatic rings. The van der Waals surface area contributed by atoms with Crippen LogP contribution in [0.5, 0.6) is 0 Å². The van der Waals surface area contributed by atoms with Gasteiger partial charge in [0, 0.05) is 63.6 Å². The number of nitrogens with zero attached hydrogens (tertiary/aromatic N) is 5. The monoisotopic (exact) mass is 490 g/mol. The number of carbonyl (C=O) groups excluding carboxylic acids is 3. The van der Waals surface area contributed by atoms with Crippen molar-refractivity contribution in [2.75, 3.05) is 31.1 Å². The molecule has 0 saturated carbocycles. The van der Waals surface area contributed by atoms with E-state index in [2.05, 4.69) is 29.5 Å². The number of nitrogens with one attached hydrogen (secondary N) is 1. The Labute approximate surface area is 207 Å². The molecule has 2 aromatic heterocycles. The first-order valence-electron chi connectivity index (χ1n) is 12.2. The summed E-state index contributed by atoms with van der Waals surface area (Å²) >= 11 is 0. The van der Waals surface area contributed by atoms with E-state index >= 15 is 4.39 Å². The van der Waals surface area contributed by atoms with Gasteiger partial charge >= 0.3 is 0 Å². The third-order valence-corrected chi connectivity index (χ3v) is 7.34. The zero-order valence-corrected chi connectivity index (χ0v) is 20.0. The van der Waals surface area contributed by atoms with Crippen LogP contribution in [0.3, 0.4) is 0 Å². The van der Waals surface area contributed by atoms with Crippen molar-refractivity contribution < 1.29 is 18.8 Å². The molecule has 1 unspecified atom stereocenters. The molecule has 9 nitrogen and oxygen atoms in total. The van der Waals surface area contributed by atoms with Gasteiger partial charge in [-0.05, 0) is 42.7 Å². The highest BCUT2D eigenvalue weighted by molar-refractivity contribution is 6.05. The van der Waals surface area contributed by atoms with Gasteiger partial charge in [0.1, 0.15) is 17.5 Å². The summed E-state index contributed by atoms with van der Waals surface area (Å²) in [4.78, 5) is 47.2. The van der Waals surface area contributed by atoms with E-state index in [1.807, 2.05) is 21.4 Å². The van der Waals surface area contributed by atoms with E-state index in [4.69, 9.17) is 4.98 Å². The molecule has 2 saturated heterocycles. The lowest BCUT2D eigenvalue weighted by molar-refractivity contribution is -0.136. The second-order valence-electron chi connectivity index (χ2n) is 9.83. The van der Waals surface area contributed by atoms with Crippen molar-refractivity contribution in [3.05, 3.63) is 64.9 Å². The van der Waals surface area contributed by atoms with Crippen LogP contribution < -0.4 is 10.2 Å². The van der Waals surface area contributed by atoms with Gasteiger partial charge < -0.3 is 14.2 Å². The van der Waals surface area contributed by atoms with Gasteiger partial charge in [-0.1, -0.05) is 6.07 Å². The fraction of sp³-hybridized carbons (Fsp3) is 0.385. The van der Waals surface area contributed by atoms with Crippen LogP contribution in [-0.4, -0.2) is 69.1 Å². The highest BCUT2D eigenvalue weighted by Gasteiger charge is 2.40. The number of hydrogen-bond donors (Lipinski definition) is 1. The molecule has 10 heteroatoms. The van der Waals surface area contributed by atoms with Gasteiger partial charge in [-0.25, -0.2) is 9.37 Å². The summed E-state index contributed by atoms with van der Waals surface area (Å²) in [6.07, 6.45) is 4.59. The number of aryl methyl sites for hydroxylation is 1. The van der Waals surface area contributed by atoms with Crippen LogP contribution in [0.4, 0.5) is 10.1 Å². The van der Waals surface area contributed by atoms with Crippen molar-refractivity contribution in [3.63, 3.8) is 0 Å². The van der Waals surface area contributed by atoms with Crippen LogP contribution >= 0.6 is 0 Å². The predicted molar refractivity (Wildman–Crippen MR) is 130 cm³/mol. The average Bonchev–Trinajstić information content (AvgIpc) is 3.39. The zero-order valence-electron chi connectivity index (χ0n) is 20.0. The number of piperazine rings is 1. The number of carbonyl (C=O) groups is 3. The molecule has 2 fully saturated rings. The quantitative estimate of drug-likeness (QED) is 0.562. The van der Waals surface area contributed by atoms with E-state index in [0.29, 0.717) is 29.9 Å².